The highest BCUT2D eigenvalue weighted by molar-refractivity contribution is 7.99. The molecule has 2 aliphatic rings. The number of hydrogen-bond donors (Lipinski definition) is 1. The van der Waals surface area contributed by atoms with Gasteiger partial charge in [-0.2, -0.15) is 11.8 Å². The molecule has 4 nitrogen and oxygen atoms in total. The minimum Gasteiger partial charge on any atom is -0.481 e. The van der Waals surface area contributed by atoms with E-state index in [0.29, 0.717) is 30.5 Å². The standard InChI is InChI=1S/C19H34O4S/c1-2-3-4-5-11-22-14-16-15(17-8-9-18(16)23-17)10-13-24-12-6-7-19(20)21/h15-18H,2-14H2,1H3,(H,20,21). The van der Waals surface area contributed by atoms with Gasteiger partial charge >= 0.3 is 5.97 Å². The summed E-state index contributed by atoms with van der Waals surface area (Å²) in [6.45, 7) is 3.99. The molecule has 0 aromatic heterocycles. The molecule has 0 radical (unpaired) electrons. The Hall–Kier alpha value is -0.260. The van der Waals surface area contributed by atoms with Crippen LogP contribution in [0.4, 0.5) is 0 Å². The van der Waals surface area contributed by atoms with Crippen LogP contribution in [0.25, 0.3) is 0 Å². The molecule has 2 saturated heterocycles. The first-order valence-corrected chi connectivity index (χ1v) is 10.9. The summed E-state index contributed by atoms with van der Waals surface area (Å²) in [5.74, 6) is 2.60. The van der Waals surface area contributed by atoms with Crippen molar-refractivity contribution in [1.82, 2.24) is 0 Å². The third-order valence-electron chi connectivity index (χ3n) is 5.32. The fourth-order valence-electron chi connectivity index (χ4n) is 4.00. The Morgan fingerprint density at radius 1 is 1.12 bits per heavy atom. The van der Waals surface area contributed by atoms with Crippen molar-refractivity contribution < 1.29 is 19.4 Å². The zero-order chi connectivity index (χ0) is 17.2. The van der Waals surface area contributed by atoms with Gasteiger partial charge in [-0.15, -0.1) is 0 Å². The molecule has 4 atom stereocenters. The summed E-state index contributed by atoms with van der Waals surface area (Å²) < 4.78 is 12.1. The third kappa shape index (κ3) is 6.57. The number of unbranched alkanes of at least 4 members (excludes halogenated alkanes) is 3. The van der Waals surface area contributed by atoms with E-state index in [9.17, 15) is 4.79 Å². The number of carbonyl (C=O) groups is 1. The second-order valence-electron chi connectivity index (χ2n) is 7.15. The van der Waals surface area contributed by atoms with E-state index in [2.05, 4.69) is 6.92 Å². The first-order valence-electron chi connectivity index (χ1n) is 9.75. The quantitative estimate of drug-likeness (QED) is 0.467. The fourth-order valence-corrected chi connectivity index (χ4v) is 4.99. The SMILES string of the molecule is CCCCCCOCC1C2CCC(O2)C1CCSCCCC(=O)O. The summed E-state index contributed by atoms with van der Waals surface area (Å²) in [7, 11) is 0. The number of carboxylic acids is 1. The monoisotopic (exact) mass is 358 g/mol. The molecule has 0 amide bonds. The summed E-state index contributed by atoms with van der Waals surface area (Å²) in [6.07, 6.45) is 10.6. The highest BCUT2D eigenvalue weighted by Crippen LogP contribution is 2.45. The van der Waals surface area contributed by atoms with Crippen LogP contribution in [0.5, 0.6) is 0 Å². The Morgan fingerprint density at radius 2 is 1.92 bits per heavy atom. The lowest BCUT2D eigenvalue weighted by atomic mass is 9.78. The summed E-state index contributed by atoms with van der Waals surface area (Å²) in [6, 6.07) is 0. The predicted octanol–water partition coefficient (Wildman–Crippen LogP) is 4.37. The van der Waals surface area contributed by atoms with Crippen molar-refractivity contribution in [3.63, 3.8) is 0 Å². The van der Waals surface area contributed by atoms with Gasteiger partial charge < -0.3 is 14.6 Å². The molecule has 2 heterocycles. The van der Waals surface area contributed by atoms with E-state index < -0.39 is 5.97 Å². The van der Waals surface area contributed by atoms with Crippen LogP contribution in [0.15, 0.2) is 0 Å². The first kappa shape index (κ1) is 20.1. The van der Waals surface area contributed by atoms with Crippen LogP contribution in [0.2, 0.25) is 0 Å². The van der Waals surface area contributed by atoms with E-state index in [0.717, 1.165) is 31.1 Å². The van der Waals surface area contributed by atoms with Crippen LogP contribution < -0.4 is 0 Å². The van der Waals surface area contributed by atoms with Crippen molar-refractivity contribution in [3.8, 4) is 0 Å². The number of hydrogen-bond acceptors (Lipinski definition) is 4. The highest BCUT2D eigenvalue weighted by atomic mass is 32.2. The molecule has 2 fully saturated rings. The normalized spacial score (nSPS) is 28.5. The van der Waals surface area contributed by atoms with Gasteiger partial charge in [0.25, 0.3) is 0 Å². The molecule has 0 aromatic rings. The van der Waals surface area contributed by atoms with Crippen LogP contribution in [0.3, 0.4) is 0 Å². The molecular weight excluding hydrogens is 324 g/mol. The zero-order valence-electron chi connectivity index (χ0n) is 15.1. The molecule has 0 aliphatic carbocycles. The smallest absolute Gasteiger partial charge is 0.303 e. The molecule has 0 saturated carbocycles. The second-order valence-corrected chi connectivity index (χ2v) is 8.38. The van der Waals surface area contributed by atoms with Gasteiger partial charge in [0.1, 0.15) is 0 Å². The Balaban J connectivity index is 1.59. The topological polar surface area (TPSA) is 55.8 Å². The average Bonchev–Trinajstić information content (AvgIpc) is 3.15. The second kappa shape index (κ2) is 11.4. The van der Waals surface area contributed by atoms with Crippen LogP contribution >= 0.6 is 11.8 Å². The molecule has 2 rings (SSSR count). The van der Waals surface area contributed by atoms with Crippen LogP contribution in [-0.4, -0.2) is 48.0 Å². The summed E-state index contributed by atoms with van der Waals surface area (Å²) in [5, 5.41) is 8.66. The molecule has 2 aliphatic heterocycles. The van der Waals surface area contributed by atoms with Crippen molar-refractivity contribution in [2.24, 2.45) is 11.8 Å². The number of ether oxygens (including phenoxy) is 2. The summed E-state index contributed by atoms with van der Waals surface area (Å²) >= 11 is 1.89. The summed E-state index contributed by atoms with van der Waals surface area (Å²) in [4.78, 5) is 10.5. The maximum atomic E-state index is 10.5. The van der Waals surface area contributed by atoms with Crippen molar-refractivity contribution in [3.05, 3.63) is 0 Å². The first-order chi connectivity index (χ1) is 11.7. The predicted molar refractivity (Wildman–Crippen MR) is 98.6 cm³/mol. The average molecular weight is 359 g/mol. The van der Waals surface area contributed by atoms with Crippen LogP contribution in [-0.2, 0) is 14.3 Å². The Kier molecular flexibility index (Phi) is 9.51. The Bertz CT molecular complexity index is 363. The Morgan fingerprint density at radius 3 is 2.67 bits per heavy atom. The van der Waals surface area contributed by atoms with Crippen molar-refractivity contribution >= 4 is 17.7 Å². The Labute approximate surface area is 151 Å². The largest absolute Gasteiger partial charge is 0.481 e. The number of fused-ring (bicyclic) bond motifs is 2. The van der Waals surface area contributed by atoms with E-state index >= 15 is 0 Å². The van der Waals surface area contributed by atoms with Gasteiger partial charge in [0.15, 0.2) is 0 Å². The minimum absolute atomic E-state index is 0.290. The molecule has 24 heavy (non-hydrogen) atoms. The van der Waals surface area contributed by atoms with Gasteiger partial charge in [0.05, 0.1) is 18.8 Å². The summed E-state index contributed by atoms with van der Waals surface area (Å²) in [5.41, 5.74) is 0. The van der Waals surface area contributed by atoms with Crippen molar-refractivity contribution in [2.45, 2.75) is 76.9 Å². The van der Waals surface area contributed by atoms with E-state index in [4.69, 9.17) is 14.6 Å². The fraction of sp³-hybridized carbons (Fsp3) is 0.947. The number of thioether (sulfide) groups is 1. The molecule has 0 aromatic carbocycles. The molecule has 2 bridgehead atoms. The highest BCUT2D eigenvalue weighted by Gasteiger charge is 2.48. The lowest BCUT2D eigenvalue weighted by Crippen LogP contribution is -2.31. The lowest BCUT2D eigenvalue weighted by molar-refractivity contribution is -0.137. The number of carboxylic acid groups (broad SMARTS) is 1. The van der Waals surface area contributed by atoms with E-state index in [1.807, 2.05) is 11.8 Å². The van der Waals surface area contributed by atoms with Gasteiger partial charge in [-0.05, 0) is 49.5 Å². The maximum Gasteiger partial charge on any atom is 0.303 e. The van der Waals surface area contributed by atoms with E-state index in [-0.39, 0.29) is 0 Å². The van der Waals surface area contributed by atoms with Crippen molar-refractivity contribution in [1.29, 1.82) is 0 Å². The van der Waals surface area contributed by atoms with Gasteiger partial charge in [0.2, 0.25) is 0 Å². The van der Waals surface area contributed by atoms with Crippen molar-refractivity contribution in [2.75, 3.05) is 24.7 Å². The maximum absolute atomic E-state index is 10.5. The molecule has 1 N–H and O–H groups in total. The van der Waals surface area contributed by atoms with Gasteiger partial charge in [-0.1, -0.05) is 26.2 Å². The third-order valence-corrected chi connectivity index (χ3v) is 6.42. The molecule has 0 spiro atoms. The molecule has 140 valence electrons. The molecule has 4 unspecified atom stereocenters. The minimum atomic E-state index is -0.687. The van der Waals surface area contributed by atoms with E-state index in [1.165, 1.54) is 44.9 Å². The zero-order valence-corrected chi connectivity index (χ0v) is 15.9. The number of rotatable bonds is 14. The van der Waals surface area contributed by atoms with Gasteiger partial charge in [0, 0.05) is 18.9 Å². The van der Waals surface area contributed by atoms with Gasteiger partial charge in [-0.25, -0.2) is 0 Å². The lowest BCUT2D eigenvalue weighted by Gasteiger charge is -2.27. The van der Waals surface area contributed by atoms with E-state index in [1.54, 1.807) is 0 Å². The molecular formula is C19H34O4S. The van der Waals surface area contributed by atoms with Crippen LogP contribution in [0.1, 0.15) is 64.7 Å². The van der Waals surface area contributed by atoms with Crippen LogP contribution in [0, 0.1) is 11.8 Å². The molecule has 5 heteroatoms. The number of aliphatic carboxylic acids is 1. The van der Waals surface area contributed by atoms with Gasteiger partial charge in [-0.3, -0.25) is 4.79 Å².